The molecule has 3 aromatic rings. The quantitative estimate of drug-likeness (QED) is 0.475. The number of nitrogens with one attached hydrogen (secondary N) is 1. The average Bonchev–Trinajstić information content (AvgIpc) is 2.71. The number of benzene rings is 2. The van der Waals surface area contributed by atoms with Crippen molar-refractivity contribution >= 4 is 47.7 Å². The van der Waals surface area contributed by atoms with Gasteiger partial charge in [-0.15, -0.1) is 0 Å². The summed E-state index contributed by atoms with van der Waals surface area (Å²) < 4.78 is 0.345. The predicted molar refractivity (Wildman–Crippen MR) is 125 cm³/mol. The Balaban J connectivity index is 1.76. The van der Waals surface area contributed by atoms with Gasteiger partial charge in [0.2, 0.25) is 0 Å². The number of anilines is 2. The molecule has 0 aliphatic heterocycles. The minimum absolute atomic E-state index is 0.345. The molecule has 0 radical (unpaired) electrons. The molecule has 7 heteroatoms. The van der Waals surface area contributed by atoms with Gasteiger partial charge in [0.05, 0.1) is 0 Å². The van der Waals surface area contributed by atoms with Crippen molar-refractivity contribution in [2.45, 2.75) is 0 Å². The van der Waals surface area contributed by atoms with Gasteiger partial charge < -0.3 is 14.8 Å². The summed E-state index contributed by atoms with van der Waals surface area (Å²) in [7, 11) is 8.05. The van der Waals surface area contributed by atoms with Crippen molar-refractivity contribution in [1.29, 1.82) is 0 Å². The van der Waals surface area contributed by atoms with E-state index in [4.69, 9.17) is 12.2 Å². The van der Waals surface area contributed by atoms with E-state index in [1.165, 1.54) is 0 Å². The standard InChI is InChI=1S/C22H24N6S/c1-27(2)18-9-5-16(6-10-18)14-23-20-13-21(26-22(29)25-20)24-15-17-7-11-19(12-8-17)28(3)4/h5-15H,1-4H3,(H,25,26,29)/b23-14+,24-15?. The fourth-order valence-electron chi connectivity index (χ4n) is 2.57. The second kappa shape index (κ2) is 9.25. The van der Waals surface area contributed by atoms with Gasteiger partial charge in [0, 0.05) is 58.1 Å². The first-order chi connectivity index (χ1) is 13.9. The molecule has 3 rings (SSSR count). The van der Waals surface area contributed by atoms with E-state index in [1.54, 1.807) is 18.5 Å². The minimum atomic E-state index is 0.345. The number of rotatable bonds is 6. The molecule has 0 spiro atoms. The number of hydrogen-bond donors (Lipinski definition) is 1. The highest BCUT2D eigenvalue weighted by Crippen LogP contribution is 2.17. The van der Waals surface area contributed by atoms with Gasteiger partial charge in [-0.3, -0.25) is 0 Å². The maximum atomic E-state index is 5.21. The highest BCUT2D eigenvalue weighted by atomic mass is 32.1. The Kier molecular flexibility index (Phi) is 6.51. The normalized spacial score (nSPS) is 11.3. The van der Waals surface area contributed by atoms with Crippen LogP contribution in [0.1, 0.15) is 11.1 Å². The smallest absolute Gasteiger partial charge is 0.200 e. The van der Waals surface area contributed by atoms with Crippen LogP contribution in [-0.4, -0.2) is 50.6 Å². The Labute approximate surface area is 176 Å². The van der Waals surface area contributed by atoms with E-state index in [2.05, 4.69) is 29.8 Å². The maximum Gasteiger partial charge on any atom is 0.200 e. The van der Waals surface area contributed by atoms with Gasteiger partial charge in [0.25, 0.3) is 0 Å². The van der Waals surface area contributed by atoms with Crippen LogP contribution in [0, 0.1) is 4.77 Å². The Hall–Kier alpha value is -3.32. The van der Waals surface area contributed by atoms with Crippen LogP contribution in [0.15, 0.2) is 64.6 Å². The van der Waals surface area contributed by atoms with Crippen LogP contribution >= 0.6 is 12.2 Å². The molecule has 2 aromatic carbocycles. The highest BCUT2D eigenvalue weighted by molar-refractivity contribution is 7.71. The van der Waals surface area contributed by atoms with E-state index < -0.39 is 0 Å². The third kappa shape index (κ3) is 5.83. The summed E-state index contributed by atoms with van der Waals surface area (Å²) in [5.41, 5.74) is 4.26. The van der Waals surface area contributed by atoms with Crippen LogP contribution < -0.4 is 9.80 Å². The molecule has 1 aromatic heterocycles. The number of H-pyrrole nitrogens is 1. The van der Waals surface area contributed by atoms with Gasteiger partial charge in [-0.2, -0.15) is 0 Å². The summed E-state index contributed by atoms with van der Waals surface area (Å²) in [5, 5.41) is 0. The van der Waals surface area contributed by atoms with Crippen LogP contribution in [-0.2, 0) is 0 Å². The number of nitrogens with zero attached hydrogens (tertiary/aromatic N) is 5. The zero-order valence-corrected chi connectivity index (χ0v) is 17.8. The molecule has 1 heterocycles. The van der Waals surface area contributed by atoms with Crippen molar-refractivity contribution in [2.75, 3.05) is 38.0 Å². The fraction of sp³-hybridized carbons (Fsp3) is 0.182. The first-order valence-corrected chi connectivity index (χ1v) is 9.56. The summed E-state index contributed by atoms with van der Waals surface area (Å²) in [4.78, 5) is 20.3. The van der Waals surface area contributed by atoms with Crippen molar-refractivity contribution < 1.29 is 0 Å². The fourth-order valence-corrected chi connectivity index (χ4v) is 2.77. The molecule has 0 aliphatic rings. The molecule has 0 amide bonds. The molecule has 0 atom stereocenters. The number of hydrogen-bond acceptors (Lipinski definition) is 6. The Morgan fingerprint density at radius 1 is 0.793 bits per heavy atom. The molecule has 6 nitrogen and oxygen atoms in total. The molecule has 0 bridgehead atoms. The van der Waals surface area contributed by atoms with Gasteiger partial charge in [-0.1, -0.05) is 24.3 Å². The lowest BCUT2D eigenvalue weighted by atomic mass is 10.2. The summed E-state index contributed by atoms with van der Waals surface area (Å²) in [5.74, 6) is 1.12. The summed E-state index contributed by atoms with van der Waals surface area (Å²) in [6.07, 6.45) is 3.55. The second-order valence-corrected chi connectivity index (χ2v) is 7.30. The second-order valence-electron chi connectivity index (χ2n) is 6.92. The van der Waals surface area contributed by atoms with Gasteiger partial charge in [-0.05, 0) is 47.6 Å². The Morgan fingerprint density at radius 3 is 1.76 bits per heavy atom. The average molecular weight is 405 g/mol. The van der Waals surface area contributed by atoms with E-state index in [9.17, 15) is 0 Å². The third-order valence-electron chi connectivity index (χ3n) is 4.23. The van der Waals surface area contributed by atoms with E-state index in [1.807, 2.05) is 76.7 Å². The number of aromatic amines is 1. The van der Waals surface area contributed by atoms with E-state index in [-0.39, 0.29) is 0 Å². The molecule has 0 saturated carbocycles. The first-order valence-electron chi connectivity index (χ1n) is 9.15. The van der Waals surface area contributed by atoms with Gasteiger partial charge in [0.15, 0.2) is 10.6 Å². The zero-order valence-electron chi connectivity index (χ0n) is 17.0. The van der Waals surface area contributed by atoms with Crippen molar-refractivity contribution in [3.8, 4) is 0 Å². The predicted octanol–water partition coefficient (Wildman–Crippen LogP) is 4.77. The van der Waals surface area contributed by atoms with Gasteiger partial charge >= 0.3 is 0 Å². The molecule has 0 fully saturated rings. The van der Waals surface area contributed by atoms with Crippen LogP contribution in [0.5, 0.6) is 0 Å². The third-order valence-corrected chi connectivity index (χ3v) is 4.43. The van der Waals surface area contributed by atoms with E-state index >= 15 is 0 Å². The van der Waals surface area contributed by atoms with Crippen molar-refractivity contribution in [2.24, 2.45) is 9.98 Å². The molecule has 0 saturated heterocycles. The molecule has 0 unspecified atom stereocenters. The van der Waals surface area contributed by atoms with Gasteiger partial charge in [0.1, 0.15) is 5.82 Å². The molecular weight excluding hydrogens is 380 g/mol. The highest BCUT2D eigenvalue weighted by Gasteiger charge is 1.99. The summed E-state index contributed by atoms with van der Waals surface area (Å²) in [6, 6.07) is 18.0. The zero-order chi connectivity index (χ0) is 20.8. The summed E-state index contributed by atoms with van der Waals surface area (Å²) >= 11 is 5.21. The van der Waals surface area contributed by atoms with Crippen LogP contribution in [0.3, 0.4) is 0 Å². The summed E-state index contributed by atoms with van der Waals surface area (Å²) in [6.45, 7) is 0. The Bertz CT molecular complexity index is 981. The largest absolute Gasteiger partial charge is 0.378 e. The molecular formula is C22H24N6S. The lowest BCUT2D eigenvalue weighted by Gasteiger charge is -2.11. The topological polar surface area (TPSA) is 59.9 Å². The van der Waals surface area contributed by atoms with Crippen LogP contribution in [0.25, 0.3) is 0 Å². The first kappa shape index (κ1) is 20.4. The maximum absolute atomic E-state index is 5.21. The molecule has 148 valence electrons. The lowest BCUT2D eigenvalue weighted by Crippen LogP contribution is -2.08. The van der Waals surface area contributed by atoms with Gasteiger partial charge in [-0.25, -0.2) is 15.0 Å². The molecule has 29 heavy (non-hydrogen) atoms. The molecule has 1 N–H and O–H groups in total. The minimum Gasteiger partial charge on any atom is -0.378 e. The van der Waals surface area contributed by atoms with Crippen molar-refractivity contribution in [3.05, 3.63) is 70.5 Å². The van der Waals surface area contributed by atoms with E-state index in [0.29, 0.717) is 16.4 Å². The Morgan fingerprint density at radius 2 is 1.28 bits per heavy atom. The number of aromatic nitrogens is 2. The van der Waals surface area contributed by atoms with Crippen molar-refractivity contribution in [3.63, 3.8) is 0 Å². The van der Waals surface area contributed by atoms with Crippen molar-refractivity contribution in [1.82, 2.24) is 9.97 Å². The number of aliphatic imine (C=N–C) groups is 2. The lowest BCUT2D eigenvalue weighted by molar-refractivity contribution is 1.11. The molecule has 0 aliphatic carbocycles. The van der Waals surface area contributed by atoms with E-state index in [0.717, 1.165) is 22.5 Å². The van der Waals surface area contributed by atoms with Crippen LogP contribution in [0.2, 0.25) is 0 Å². The van der Waals surface area contributed by atoms with Crippen LogP contribution in [0.4, 0.5) is 23.0 Å². The monoisotopic (exact) mass is 404 g/mol. The SMILES string of the molecule is CN(C)c1ccc(C=Nc2cc(/N=C/c3ccc(N(C)C)cc3)[nH]c(=S)n2)cc1.